The van der Waals surface area contributed by atoms with Gasteiger partial charge in [0.15, 0.2) is 5.16 Å². The zero-order chi connectivity index (χ0) is 17.3. The van der Waals surface area contributed by atoms with Crippen molar-refractivity contribution in [3.63, 3.8) is 0 Å². The first-order valence-corrected chi connectivity index (χ1v) is 9.48. The number of thioether (sulfide) groups is 2. The molecule has 1 aliphatic rings. The lowest BCUT2D eigenvalue weighted by atomic mass is 10.2. The molecule has 24 heavy (non-hydrogen) atoms. The van der Waals surface area contributed by atoms with E-state index in [4.69, 9.17) is 4.74 Å². The topological polar surface area (TPSA) is 61.2 Å². The number of carbonyl (C=O) groups excluding carboxylic acids is 1. The third kappa shape index (κ3) is 3.23. The summed E-state index contributed by atoms with van der Waals surface area (Å²) in [5.41, 5.74) is 2.64. The highest BCUT2D eigenvalue weighted by atomic mass is 32.2. The monoisotopic (exact) mass is 362 g/mol. The van der Waals surface area contributed by atoms with Gasteiger partial charge in [0, 0.05) is 12.2 Å². The van der Waals surface area contributed by atoms with Crippen molar-refractivity contribution in [2.45, 2.75) is 35.6 Å². The first kappa shape index (κ1) is 17.1. The Bertz CT molecular complexity index is 831. The summed E-state index contributed by atoms with van der Waals surface area (Å²) >= 11 is 2.80. The summed E-state index contributed by atoms with van der Waals surface area (Å²) in [5.74, 6) is 0.533. The Hall–Kier alpha value is -1.73. The van der Waals surface area contributed by atoms with E-state index in [1.54, 1.807) is 23.3 Å². The SMILES string of the molecule is COC(=O)[C@H](C)Sc1nc2c(c(=O)n1-c1ccc(C)cc1)SCC2. The van der Waals surface area contributed by atoms with Crippen LogP contribution in [-0.2, 0) is 16.0 Å². The number of hydrogen-bond acceptors (Lipinski definition) is 6. The molecule has 0 bridgehead atoms. The molecule has 2 heterocycles. The molecule has 0 unspecified atom stereocenters. The zero-order valence-electron chi connectivity index (χ0n) is 13.7. The lowest BCUT2D eigenvalue weighted by Crippen LogP contribution is -2.25. The van der Waals surface area contributed by atoms with Crippen LogP contribution >= 0.6 is 23.5 Å². The predicted octanol–water partition coefficient (Wildman–Crippen LogP) is 2.84. The number of ether oxygens (including phenoxy) is 1. The number of fused-ring (bicyclic) bond motifs is 1. The first-order chi connectivity index (χ1) is 11.5. The zero-order valence-corrected chi connectivity index (χ0v) is 15.4. The Morgan fingerprint density at radius 2 is 2.08 bits per heavy atom. The Morgan fingerprint density at radius 1 is 1.38 bits per heavy atom. The maximum absolute atomic E-state index is 13.0. The van der Waals surface area contributed by atoms with Crippen molar-refractivity contribution < 1.29 is 9.53 Å². The maximum atomic E-state index is 13.0. The van der Waals surface area contributed by atoms with Crippen LogP contribution in [0.3, 0.4) is 0 Å². The van der Waals surface area contributed by atoms with Crippen molar-refractivity contribution >= 4 is 29.5 Å². The molecule has 0 saturated heterocycles. The van der Waals surface area contributed by atoms with Gasteiger partial charge in [0.2, 0.25) is 0 Å². The van der Waals surface area contributed by atoms with Gasteiger partial charge in [-0.25, -0.2) is 4.98 Å². The minimum absolute atomic E-state index is 0.0640. The molecule has 3 rings (SSSR count). The second-order valence-corrected chi connectivity index (χ2v) is 7.94. The molecule has 0 N–H and O–H groups in total. The number of nitrogens with zero attached hydrogens (tertiary/aromatic N) is 2. The molecule has 126 valence electrons. The van der Waals surface area contributed by atoms with Gasteiger partial charge < -0.3 is 4.74 Å². The molecule has 1 aromatic carbocycles. The van der Waals surface area contributed by atoms with Crippen LogP contribution in [0.4, 0.5) is 0 Å². The van der Waals surface area contributed by atoms with Crippen molar-refractivity contribution in [3.05, 3.63) is 45.9 Å². The van der Waals surface area contributed by atoms with Crippen LogP contribution in [-0.4, -0.2) is 33.6 Å². The lowest BCUT2D eigenvalue weighted by molar-refractivity contribution is -0.139. The number of benzene rings is 1. The number of methoxy groups -OCH3 is 1. The molecule has 1 aliphatic heterocycles. The van der Waals surface area contributed by atoms with E-state index in [9.17, 15) is 9.59 Å². The number of carbonyl (C=O) groups is 1. The predicted molar refractivity (Wildman–Crippen MR) is 96.3 cm³/mol. The number of aromatic nitrogens is 2. The fourth-order valence-corrected chi connectivity index (χ4v) is 4.46. The Labute approximate surface area is 148 Å². The van der Waals surface area contributed by atoms with E-state index >= 15 is 0 Å². The molecule has 1 atom stereocenters. The molecule has 0 radical (unpaired) electrons. The van der Waals surface area contributed by atoms with E-state index in [1.165, 1.54) is 18.9 Å². The standard InChI is InChI=1S/C17H18N2O3S2/c1-10-4-6-12(7-5-10)19-15(20)14-13(8-9-23-14)18-17(19)24-11(2)16(21)22-3/h4-7,11H,8-9H2,1-3H3/t11-/m0/s1. The second-order valence-electron chi connectivity index (χ2n) is 5.53. The van der Waals surface area contributed by atoms with Crippen LogP contribution in [0.1, 0.15) is 18.2 Å². The van der Waals surface area contributed by atoms with Gasteiger partial charge >= 0.3 is 5.97 Å². The van der Waals surface area contributed by atoms with E-state index in [-0.39, 0.29) is 11.5 Å². The van der Waals surface area contributed by atoms with E-state index in [0.29, 0.717) is 10.1 Å². The van der Waals surface area contributed by atoms with Crippen molar-refractivity contribution in [3.8, 4) is 5.69 Å². The fourth-order valence-electron chi connectivity index (χ4n) is 2.47. The molecular formula is C17H18N2O3S2. The summed E-state index contributed by atoms with van der Waals surface area (Å²) in [4.78, 5) is 30.1. The van der Waals surface area contributed by atoms with Crippen molar-refractivity contribution in [2.75, 3.05) is 12.9 Å². The molecule has 5 nitrogen and oxygen atoms in total. The van der Waals surface area contributed by atoms with E-state index < -0.39 is 5.25 Å². The van der Waals surface area contributed by atoms with Crippen molar-refractivity contribution in [1.82, 2.24) is 9.55 Å². The van der Waals surface area contributed by atoms with Gasteiger partial charge in [-0.15, -0.1) is 11.8 Å². The van der Waals surface area contributed by atoms with Gasteiger partial charge in [0.25, 0.3) is 5.56 Å². The molecule has 0 saturated carbocycles. The van der Waals surface area contributed by atoms with Crippen LogP contribution in [0.5, 0.6) is 0 Å². The molecule has 7 heteroatoms. The van der Waals surface area contributed by atoms with Gasteiger partial charge in [-0.1, -0.05) is 29.5 Å². The van der Waals surface area contributed by atoms with E-state index in [2.05, 4.69) is 4.98 Å². The third-order valence-corrected chi connectivity index (χ3v) is 5.91. The summed E-state index contributed by atoms with van der Waals surface area (Å²) in [6.45, 7) is 3.75. The van der Waals surface area contributed by atoms with Crippen LogP contribution in [0.2, 0.25) is 0 Å². The highest BCUT2D eigenvalue weighted by Crippen LogP contribution is 2.31. The summed E-state index contributed by atoms with van der Waals surface area (Å²) < 4.78 is 6.39. The normalized spacial score (nSPS) is 14.3. The Kier molecular flexibility index (Phi) is 5.01. The molecule has 0 fully saturated rings. The minimum Gasteiger partial charge on any atom is -0.468 e. The number of aryl methyl sites for hydroxylation is 2. The molecule has 0 aliphatic carbocycles. The summed E-state index contributed by atoms with van der Waals surface area (Å²) in [6, 6.07) is 7.72. The van der Waals surface area contributed by atoms with Crippen LogP contribution < -0.4 is 5.56 Å². The molecule has 2 aromatic rings. The van der Waals surface area contributed by atoms with E-state index in [1.807, 2.05) is 31.2 Å². The van der Waals surface area contributed by atoms with Crippen LogP contribution in [0.15, 0.2) is 39.1 Å². The summed E-state index contributed by atoms with van der Waals surface area (Å²) in [7, 11) is 1.36. The maximum Gasteiger partial charge on any atom is 0.318 e. The highest BCUT2D eigenvalue weighted by molar-refractivity contribution is 8.00. The number of hydrogen-bond donors (Lipinski definition) is 0. The first-order valence-electron chi connectivity index (χ1n) is 7.61. The van der Waals surface area contributed by atoms with Crippen LogP contribution in [0.25, 0.3) is 5.69 Å². The van der Waals surface area contributed by atoms with Crippen molar-refractivity contribution in [2.24, 2.45) is 0 Å². The van der Waals surface area contributed by atoms with Gasteiger partial charge in [-0.3, -0.25) is 14.2 Å². The van der Waals surface area contributed by atoms with Gasteiger partial charge in [-0.05, 0) is 26.0 Å². The highest BCUT2D eigenvalue weighted by Gasteiger charge is 2.25. The average Bonchev–Trinajstić information content (AvgIpc) is 3.04. The van der Waals surface area contributed by atoms with Gasteiger partial charge in [0.1, 0.15) is 5.25 Å². The molecule has 0 spiro atoms. The van der Waals surface area contributed by atoms with E-state index in [0.717, 1.165) is 29.1 Å². The van der Waals surface area contributed by atoms with Gasteiger partial charge in [-0.2, -0.15) is 0 Å². The quantitative estimate of drug-likeness (QED) is 0.473. The smallest absolute Gasteiger partial charge is 0.318 e. The van der Waals surface area contributed by atoms with Crippen molar-refractivity contribution in [1.29, 1.82) is 0 Å². The second kappa shape index (κ2) is 7.03. The molecular weight excluding hydrogens is 344 g/mol. The fraction of sp³-hybridized carbons (Fsp3) is 0.353. The average molecular weight is 362 g/mol. The lowest BCUT2D eigenvalue weighted by Gasteiger charge is -2.16. The summed E-state index contributed by atoms with van der Waals surface area (Å²) in [5, 5.41) is 0.0914. The Balaban J connectivity index is 2.12. The largest absolute Gasteiger partial charge is 0.468 e. The third-order valence-electron chi connectivity index (χ3n) is 3.77. The molecule has 0 amide bonds. The number of esters is 1. The number of rotatable bonds is 4. The van der Waals surface area contributed by atoms with Crippen LogP contribution in [0, 0.1) is 6.92 Å². The Morgan fingerprint density at radius 3 is 2.75 bits per heavy atom. The van der Waals surface area contributed by atoms with Gasteiger partial charge in [0.05, 0.1) is 23.4 Å². The molecule has 1 aromatic heterocycles. The summed E-state index contributed by atoms with van der Waals surface area (Å²) in [6.07, 6.45) is 0.782. The minimum atomic E-state index is -0.439.